The van der Waals surface area contributed by atoms with E-state index in [1.165, 1.54) is 13.8 Å². The number of carboxylic acids is 1. The number of aliphatic carboxylic acids is 1. The Hall–Kier alpha value is -0.320. The van der Waals surface area contributed by atoms with Crippen molar-refractivity contribution in [1.29, 1.82) is 0 Å². The first-order valence-electron chi connectivity index (χ1n) is 2.59. The molecule has 10 heavy (non-hydrogen) atoms. The monoisotopic (exact) mass is 169 g/mol. The number of carbonyl (C=O) groups is 1. The van der Waals surface area contributed by atoms with Crippen molar-refractivity contribution in [2.24, 2.45) is 5.73 Å². The molecule has 0 rings (SSSR count). The van der Waals surface area contributed by atoms with Crippen LogP contribution in [0.3, 0.4) is 0 Å². The van der Waals surface area contributed by atoms with Crippen LogP contribution in [0.1, 0.15) is 13.8 Å². The van der Waals surface area contributed by atoms with Crippen molar-refractivity contribution in [2.45, 2.75) is 25.5 Å². The molecule has 0 spiro atoms. The van der Waals surface area contributed by atoms with Crippen molar-refractivity contribution in [3.05, 3.63) is 0 Å². The molecule has 0 aliphatic carbocycles. The molecule has 0 aliphatic rings. The summed E-state index contributed by atoms with van der Waals surface area (Å²) in [6.07, 6.45) is -1.03. The van der Waals surface area contributed by atoms with Gasteiger partial charge >= 0.3 is 5.97 Å². The van der Waals surface area contributed by atoms with E-state index in [-0.39, 0.29) is 12.4 Å². The minimum atomic E-state index is -1.53. The molecule has 0 amide bonds. The Morgan fingerprint density at radius 3 is 2.00 bits per heavy atom. The summed E-state index contributed by atoms with van der Waals surface area (Å²) in [7, 11) is 0. The third-order valence-electron chi connectivity index (χ3n) is 1.33. The predicted octanol–water partition coefficient (Wildman–Crippen LogP) is -0.409. The number of carboxylic acid groups (broad SMARTS) is 1. The molecule has 0 aromatic heterocycles. The van der Waals surface area contributed by atoms with Gasteiger partial charge < -0.3 is 15.9 Å². The fourth-order valence-electron chi connectivity index (χ4n) is 0.179. The first-order chi connectivity index (χ1) is 3.89. The molecule has 0 heterocycles. The fourth-order valence-corrected chi connectivity index (χ4v) is 0.179. The minimum Gasteiger partial charge on any atom is -0.480 e. The van der Waals surface area contributed by atoms with Crippen molar-refractivity contribution in [3.8, 4) is 0 Å². The van der Waals surface area contributed by atoms with Gasteiger partial charge in [0, 0.05) is 0 Å². The van der Waals surface area contributed by atoms with Crippen LogP contribution in [-0.4, -0.2) is 27.8 Å². The Labute approximate surface area is 65.4 Å². The van der Waals surface area contributed by atoms with E-state index in [9.17, 15) is 4.79 Å². The van der Waals surface area contributed by atoms with E-state index < -0.39 is 17.6 Å². The molecule has 0 saturated carbocycles. The zero-order valence-electron chi connectivity index (χ0n) is 5.87. The highest BCUT2D eigenvalue weighted by Crippen LogP contribution is 2.04. The molecule has 1 unspecified atom stereocenters. The largest absolute Gasteiger partial charge is 0.480 e. The summed E-state index contributed by atoms with van der Waals surface area (Å²) in [6.45, 7) is 2.61. The van der Waals surface area contributed by atoms with Gasteiger partial charge in [0.05, 0.1) is 6.10 Å². The van der Waals surface area contributed by atoms with E-state index in [0.29, 0.717) is 0 Å². The number of nitrogens with two attached hydrogens (primary N) is 1. The molecule has 0 saturated heterocycles. The standard InChI is InChI=1S/C5H11NO3.ClH/c1-3(7)5(2,6)4(8)9;/h3,7H,6H2,1-2H3,(H,8,9);1H/t3-,5?;/m1./s1. The molecule has 0 aromatic rings. The van der Waals surface area contributed by atoms with Crippen LogP contribution in [0.2, 0.25) is 0 Å². The van der Waals surface area contributed by atoms with Crippen molar-refractivity contribution in [3.63, 3.8) is 0 Å². The van der Waals surface area contributed by atoms with Gasteiger partial charge in [-0.15, -0.1) is 12.4 Å². The van der Waals surface area contributed by atoms with Crippen molar-refractivity contribution < 1.29 is 15.0 Å². The first kappa shape index (κ1) is 12.4. The lowest BCUT2D eigenvalue weighted by molar-refractivity contribution is -0.146. The van der Waals surface area contributed by atoms with Crippen LogP contribution >= 0.6 is 12.4 Å². The highest BCUT2D eigenvalue weighted by molar-refractivity contribution is 5.85. The minimum absolute atomic E-state index is 0. The quantitative estimate of drug-likeness (QED) is 0.525. The normalized spacial score (nSPS) is 18.4. The summed E-state index contributed by atoms with van der Waals surface area (Å²) >= 11 is 0. The van der Waals surface area contributed by atoms with Gasteiger partial charge in [0.25, 0.3) is 0 Å². The van der Waals surface area contributed by atoms with E-state index in [0.717, 1.165) is 0 Å². The highest BCUT2D eigenvalue weighted by atomic mass is 35.5. The Morgan fingerprint density at radius 2 is 2.00 bits per heavy atom. The number of aliphatic hydroxyl groups excluding tert-OH is 1. The first-order valence-corrected chi connectivity index (χ1v) is 2.59. The fraction of sp³-hybridized carbons (Fsp3) is 0.800. The number of hydrogen-bond donors (Lipinski definition) is 3. The number of aliphatic hydroxyl groups is 1. The lowest BCUT2D eigenvalue weighted by Gasteiger charge is -2.21. The molecule has 2 atom stereocenters. The second kappa shape index (κ2) is 3.75. The molecule has 0 radical (unpaired) electrons. The van der Waals surface area contributed by atoms with Gasteiger partial charge in [-0.3, -0.25) is 4.79 Å². The van der Waals surface area contributed by atoms with E-state index in [1.54, 1.807) is 0 Å². The summed E-state index contributed by atoms with van der Waals surface area (Å²) in [5.41, 5.74) is 3.62. The SMILES string of the molecule is C[C@@H](O)C(C)(N)C(=O)O.Cl. The van der Waals surface area contributed by atoms with Crippen LogP contribution in [0.25, 0.3) is 0 Å². The second-order valence-corrected chi connectivity index (χ2v) is 2.26. The number of rotatable bonds is 2. The number of hydrogen-bond acceptors (Lipinski definition) is 3. The Kier molecular flexibility index (Phi) is 4.64. The predicted molar refractivity (Wildman–Crippen MR) is 39.2 cm³/mol. The zero-order chi connectivity index (χ0) is 7.65. The lowest BCUT2D eigenvalue weighted by Crippen LogP contribution is -2.53. The Morgan fingerprint density at radius 1 is 1.70 bits per heavy atom. The summed E-state index contributed by atoms with van der Waals surface area (Å²) in [5.74, 6) is -1.20. The van der Waals surface area contributed by atoms with Gasteiger partial charge in [-0.05, 0) is 13.8 Å². The van der Waals surface area contributed by atoms with Crippen LogP contribution in [0.5, 0.6) is 0 Å². The van der Waals surface area contributed by atoms with Gasteiger partial charge in [-0.1, -0.05) is 0 Å². The van der Waals surface area contributed by atoms with Gasteiger partial charge in [0.2, 0.25) is 0 Å². The summed E-state index contributed by atoms with van der Waals surface area (Å²) < 4.78 is 0. The third-order valence-corrected chi connectivity index (χ3v) is 1.33. The Bertz CT molecular complexity index is 124. The van der Waals surface area contributed by atoms with Gasteiger partial charge in [0.15, 0.2) is 0 Å². The zero-order valence-corrected chi connectivity index (χ0v) is 6.68. The van der Waals surface area contributed by atoms with E-state index >= 15 is 0 Å². The molecule has 4 N–H and O–H groups in total. The molecule has 4 nitrogen and oxygen atoms in total. The molecule has 5 heteroatoms. The van der Waals surface area contributed by atoms with Crippen molar-refractivity contribution >= 4 is 18.4 Å². The van der Waals surface area contributed by atoms with Crippen LogP contribution in [-0.2, 0) is 4.79 Å². The van der Waals surface area contributed by atoms with Crippen molar-refractivity contribution in [2.75, 3.05) is 0 Å². The van der Waals surface area contributed by atoms with Gasteiger partial charge in [-0.25, -0.2) is 0 Å². The second-order valence-electron chi connectivity index (χ2n) is 2.26. The molecule has 0 fully saturated rings. The average Bonchev–Trinajstić information content (AvgIpc) is 1.65. The molecule has 0 aromatic carbocycles. The van der Waals surface area contributed by atoms with Crippen molar-refractivity contribution in [1.82, 2.24) is 0 Å². The topological polar surface area (TPSA) is 83.5 Å². The summed E-state index contributed by atoms with van der Waals surface area (Å²) in [4.78, 5) is 10.2. The van der Waals surface area contributed by atoms with E-state index in [4.69, 9.17) is 15.9 Å². The van der Waals surface area contributed by atoms with Gasteiger partial charge in [0.1, 0.15) is 5.54 Å². The molecule has 0 bridgehead atoms. The van der Waals surface area contributed by atoms with Crippen LogP contribution in [0.4, 0.5) is 0 Å². The number of halogens is 1. The average molecular weight is 170 g/mol. The van der Waals surface area contributed by atoms with Crippen LogP contribution in [0, 0.1) is 0 Å². The van der Waals surface area contributed by atoms with Crippen LogP contribution in [0.15, 0.2) is 0 Å². The molecule has 0 aliphatic heterocycles. The van der Waals surface area contributed by atoms with Crippen LogP contribution < -0.4 is 5.73 Å². The molecular weight excluding hydrogens is 158 g/mol. The maximum Gasteiger partial charge on any atom is 0.326 e. The maximum absolute atomic E-state index is 10.2. The van der Waals surface area contributed by atoms with Gasteiger partial charge in [-0.2, -0.15) is 0 Å². The van der Waals surface area contributed by atoms with E-state index in [2.05, 4.69) is 0 Å². The summed E-state index contributed by atoms with van der Waals surface area (Å²) in [6, 6.07) is 0. The maximum atomic E-state index is 10.2. The Balaban J connectivity index is 0. The summed E-state index contributed by atoms with van der Waals surface area (Å²) in [5, 5.41) is 17.1. The third kappa shape index (κ3) is 2.51. The highest BCUT2D eigenvalue weighted by Gasteiger charge is 2.33. The lowest BCUT2D eigenvalue weighted by atomic mass is 9.98. The smallest absolute Gasteiger partial charge is 0.326 e. The molecular formula is C5H12ClNO3. The van der Waals surface area contributed by atoms with E-state index in [1.807, 2.05) is 0 Å². The molecule has 62 valence electrons.